The van der Waals surface area contributed by atoms with Gasteiger partial charge in [0.05, 0.1) is 0 Å². The Balaban J connectivity index is 2.29. The molecule has 4 heteroatoms. The van der Waals surface area contributed by atoms with Gasteiger partial charge in [-0.05, 0) is 65.4 Å². The minimum absolute atomic E-state index is 0.00697. The summed E-state index contributed by atoms with van der Waals surface area (Å²) in [5.41, 5.74) is 3.10. The van der Waals surface area contributed by atoms with Crippen molar-refractivity contribution in [1.29, 1.82) is 0 Å². The van der Waals surface area contributed by atoms with Crippen LogP contribution in [0.4, 0.5) is 5.69 Å². The van der Waals surface area contributed by atoms with Gasteiger partial charge in [-0.2, -0.15) is 0 Å². The van der Waals surface area contributed by atoms with Crippen molar-refractivity contribution in [2.24, 2.45) is 0 Å². The molecule has 0 saturated heterocycles. The van der Waals surface area contributed by atoms with E-state index < -0.39 is 0 Å². The van der Waals surface area contributed by atoms with Crippen molar-refractivity contribution in [3.8, 4) is 0 Å². The summed E-state index contributed by atoms with van der Waals surface area (Å²) < 4.78 is 0.973. The lowest BCUT2D eigenvalue weighted by molar-refractivity contribution is -0.114. The van der Waals surface area contributed by atoms with E-state index in [2.05, 4.69) is 27.9 Å². The second-order valence-electron chi connectivity index (χ2n) is 4.52. The van der Waals surface area contributed by atoms with E-state index >= 15 is 0 Å². The fraction of sp³-hybridized carbons (Fsp3) is 0.125. The number of amides is 1. The summed E-state index contributed by atoms with van der Waals surface area (Å²) in [6.45, 7) is 3.44. The molecule has 0 saturated carbocycles. The summed E-state index contributed by atoms with van der Waals surface area (Å²) in [5, 5.41) is 2.68. The molecule has 0 heterocycles. The largest absolute Gasteiger partial charge is 0.326 e. The average Bonchev–Trinajstić information content (AvgIpc) is 2.41. The molecule has 3 nitrogen and oxygen atoms in total. The molecule has 2 rings (SSSR count). The molecule has 0 bridgehead atoms. The first-order valence-electron chi connectivity index (χ1n) is 6.16. The van der Waals surface area contributed by atoms with Gasteiger partial charge < -0.3 is 5.32 Å². The molecule has 102 valence electrons. The molecule has 0 aliphatic rings. The summed E-state index contributed by atoms with van der Waals surface area (Å²) >= 11 is 2.19. The molecule has 0 aromatic heterocycles. The second-order valence-corrected chi connectivity index (χ2v) is 5.60. The molecule has 2 aromatic rings. The van der Waals surface area contributed by atoms with E-state index in [0.717, 1.165) is 9.13 Å². The van der Waals surface area contributed by atoms with Gasteiger partial charge in [-0.1, -0.05) is 12.1 Å². The highest BCUT2D eigenvalue weighted by atomic mass is 127. The zero-order chi connectivity index (χ0) is 14.7. The maximum atomic E-state index is 12.5. The lowest BCUT2D eigenvalue weighted by atomic mass is 10.0. The Morgan fingerprint density at radius 2 is 1.70 bits per heavy atom. The van der Waals surface area contributed by atoms with Crippen LogP contribution in [0.25, 0.3) is 0 Å². The van der Waals surface area contributed by atoms with E-state index in [-0.39, 0.29) is 11.7 Å². The Hall–Kier alpha value is -1.69. The van der Waals surface area contributed by atoms with E-state index in [9.17, 15) is 9.59 Å². The van der Waals surface area contributed by atoms with Crippen molar-refractivity contribution in [3.05, 3.63) is 62.7 Å². The number of hydrogen-bond acceptors (Lipinski definition) is 2. The van der Waals surface area contributed by atoms with Crippen LogP contribution in [0, 0.1) is 10.5 Å². The fourth-order valence-corrected chi connectivity index (χ4v) is 2.49. The van der Waals surface area contributed by atoms with E-state index in [0.29, 0.717) is 16.8 Å². The van der Waals surface area contributed by atoms with Crippen LogP contribution in [0.2, 0.25) is 0 Å². The Kier molecular flexibility index (Phi) is 4.54. The highest BCUT2D eigenvalue weighted by molar-refractivity contribution is 14.1. The van der Waals surface area contributed by atoms with Gasteiger partial charge in [0.15, 0.2) is 5.78 Å². The van der Waals surface area contributed by atoms with Gasteiger partial charge in [-0.25, -0.2) is 0 Å². The number of rotatable bonds is 3. The first kappa shape index (κ1) is 14.7. The van der Waals surface area contributed by atoms with Crippen molar-refractivity contribution < 1.29 is 9.59 Å². The molecular weight excluding hydrogens is 365 g/mol. The number of carbonyl (C=O) groups excluding carboxylic acids is 2. The molecule has 1 N–H and O–H groups in total. The number of nitrogens with one attached hydrogen (secondary N) is 1. The monoisotopic (exact) mass is 379 g/mol. The molecule has 1 amide bonds. The van der Waals surface area contributed by atoms with Crippen LogP contribution < -0.4 is 5.32 Å². The molecule has 2 aromatic carbocycles. The molecule has 0 spiro atoms. The van der Waals surface area contributed by atoms with Gasteiger partial charge in [0.25, 0.3) is 0 Å². The van der Waals surface area contributed by atoms with E-state index in [1.165, 1.54) is 6.92 Å². The molecule has 20 heavy (non-hydrogen) atoms. The smallest absolute Gasteiger partial charge is 0.221 e. The van der Waals surface area contributed by atoms with Crippen LogP contribution in [-0.4, -0.2) is 11.7 Å². The van der Waals surface area contributed by atoms with E-state index in [1.807, 2.05) is 25.1 Å². The van der Waals surface area contributed by atoms with E-state index in [1.54, 1.807) is 24.3 Å². The Labute approximate surface area is 131 Å². The summed E-state index contributed by atoms with van der Waals surface area (Å²) in [4.78, 5) is 23.4. The topological polar surface area (TPSA) is 46.2 Å². The van der Waals surface area contributed by atoms with Crippen LogP contribution in [-0.2, 0) is 4.79 Å². The SMILES string of the molecule is CC(=O)Nc1ccc(C(=O)c2cccc(C)c2I)cc1. The average molecular weight is 379 g/mol. The lowest BCUT2D eigenvalue weighted by Gasteiger charge is -2.07. The molecule has 0 fully saturated rings. The van der Waals surface area contributed by atoms with Gasteiger partial charge in [0.1, 0.15) is 0 Å². The normalized spacial score (nSPS) is 10.2. The second kappa shape index (κ2) is 6.17. The highest BCUT2D eigenvalue weighted by Gasteiger charge is 2.13. The van der Waals surface area contributed by atoms with Crippen LogP contribution in [0.5, 0.6) is 0 Å². The minimum atomic E-state index is -0.127. The zero-order valence-electron chi connectivity index (χ0n) is 11.2. The number of aryl methyl sites for hydroxylation is 1. The fourth-order valence-electron chi connectivity index (χ4n) is 1.89. The van der Waals surface area contributed by atoms with Crippen LogP contribution in [0.1, 0.15) is 28.4 Å². The molecule has 0 radical (unpaired) electrons. The van der Waals surface area contributed by atoms with Gasteiger partial charge in [0.2, 0.25) is 5.91 Å². The molecule has 0 aliphatic heterocycles. The van der Waals surface area contributed by atoms with E-state index in [4.69, 9.17) is 0 Å². The first-order chi connectivity index (χ1) is 9.49. The summed E-state index contributed by atoms with van der Waals surface area (Å²) in [6, 6.07) is 12.6. The van der Waals surface area contributed by atoms with Gasteiger partial charge in [0, 0.05) is 27.3 Å². The number of hydrogen-bond donors (Lipinski definition) is 1. The number of carbonyl (C=O) groups is 2. The lowest BCUT2D eigenvalue weighted by Crippen LogP contribution is -2.07. The quantitative estimate of drug-likeness (QED) is 0.652. The predicted octanol–water partition coefficient (Wildman–Crippen LogP) is 3.79. The van der Waals surface area contributed by atoms with Crippen molar-refractivity contribution in [1.82, 2.24) is 0 Å². The standard InChI is InChI=1S/C16H14INO2/c1-10-4-3-5-14(15(10)17)16(20)12-6-8-13(9-7-12)18-11(2)19/h3-9H,1-2H3,(H,18,19). The van der Waals surface area contributed by atoms with Gasteiger partial charge in [-0.3, -0.25) is 9.59 Å². The Morgan fingerprint density at radius 3 is 2.30 bits per heavy atom. The summed E-state index contributed by atoms with van der Waals surface area (Å²) in [6.07, 6.45) is 0. The third-order valence-electron chi connectivity index (χ3n) is 2.90. The van der Waals surface area contributed by atoms with Gasteiger partial charge >= 0.3 is 0 Å². The number of benzene rings is 2. The van der Waals surface area contributed by atoms with Crippen molar-refractivity contribution in [2.45, 2.75) is 13.8 Å². The van der Waals surface area contributed by atoms with Gasteiger partial charge in [-0.15, -0.1) is 0 Å². The Bertz CT molecular complexity index is 663. The van der Waals surface area contributed by atoms with Crippen LogP contribution in [0.15, 0.2) is 42.5 Å². The number of anilines is 1. The summed E-state index contributed by atoms with van der Waals surface area (Å²) in [7, 11) is 0. The summed E-state index contributed by atoms with van der Waals surface area (Å²) in [5.74, 6) is -0.134. The van der Waals surface area contributed by atoms with Crippen LogP contribution >= 0.6 is 22.6 Å². The number of halogens is 1. The van der Waals surface area contributed by atoms with Crippen molar-refractivity contribution >= 4 is 40.0 Å². The highest BCUT2D eigenvalue weighted by Crippen LogP contribution is 2.21. The maximum absolute atomic E-state index is 12.5. The minimum Gasteiger partial charge on any atom is -0.326 e. The molecule has 0 aliphatic carbocycles. The molecular formula is C16H14INO2. The van der Waals surface area contributed by atoms with Crippen molar-refractivity contribution in [2.75, 3.05) is 5.32 Å². The third-order valence-corrected chi connectivity index (χ3v) is 4.34. The number of ketones is 1. The first-order valence-corrected chi connectivity index (χ1v) is 7.24. The molecule has 0 atom stereocenters. The molecule has 0 unspecified atom stereocenters. The predicted molar refractivity (Wildman–Crippen MR) is 88.1 cm³/mol. The van der Waals surface area contributed by atoms with Crippen LogP contribution in [0.3, 0.4) is 0 Å². The van der Waals surface area contributed by atoms with Crippen molar-refractivity contribution in [3.63, 3.8) is 0 Å². The third kappa shape index (κ3) is 3.25. The maximum Gasteiger partial charge on any atom is 0.221 e. The Morgan fingerprint density at radius 1 is 1.05 bits per heavy atom. The zero-order valence-corrected chi connectivity index (χ0v) is 13.4.